The molecule has 0 unspecified atom stereocenters. The summed E-state index contributed by atoms with van der Waals surface area (Å²) in [5, 5.41) is 3.09. The molecule has 3 rings (SSSR count). The molecule has 0 atom stereocenters. The Labute approximate surface area is 157 Å². The topological polar surface area (TPSA) is 52.7 Å². The Bertz CT molecular complexity index is 858. The first-order valence-electron chi connectivity index (χ1n) is 8.51. The number of amides is 3. The number of anilines is 2. The Hall–Kier alpha value is -2.79. The van der Waals surface area contributed by atoms with Gasteiger partial charge in [-0.25, -0.2) is 9.69 Å². The summed E-state index contributed by atoms with van der Waals surface area (Å²) in [7, 11) is 0. The highest BCUT2D eigenvalue weighted by molar-refractivity contribution is 6.32. The molecular formula is C20H20ClN3O2. The van der Waals surface area contributed by atoms with Gasteiger partial charge in [-0.15, -0.1) is 0 Å². The monoisotopic (exact) mass is 369 g/mol. The van der Waals surface area contributed by atoms with Crippen molar-refractivity contribution in [2.75, 3.05) is 22.9 Å². The summed E-state index contributed by atoms with van der Waals surface area (Å²) in [5.41, 5.74) is 2.66. The number of rotatable bonds is 5. The summed E-state index contributed by atoms with van der Waals surface area (Å²) in [6.07, 6.45) is 1.68. The van der Waals surface area contributed by atoms with E-state index in [0.29, 0.717) is 10.7 Å². The number of benzene rings is 2. The van der Waals surface area contributed by atoms with E-state index in [1.165, 1.54) is 0 Å². The van der Waals surface area contributed by atoms with Gasteiger partial charge in [0.1, 0.15) is 5.70 Å². The second-order valence-electron chi connectivity index (χ2n) is 5.87. The van der Waals surface area contributed by atoms with E-state index in [0.717, 1.165) is 29.2 Å². The van der Waals surface area contributed by atoms with Gasteiger partial charge in [0.15, 0.2) is 0 Å². The number of nitrogens with one attached hydrogen (secondary N) is 1. The largest absolute Gasteiger partial charge is 0.372 e. The summed E-state index contributed by atoms with van der Waals surface area (Å²) >= 11 is 5.96. The minimum atomic E-state index is -0.483. The van der Waals surface area contributed by atoms with Gasteiger partial charge in [0.2, 0.25) is 0 Å². The third-order valence-electron chi connectivity index (χ3n) is 4.28. The molecule has 2 aromatic rings. The first-order valence-corrected chi connectivity index (χ1v) is 8.89. The van der Waals surface area contributed by atoms with Crippen LogP contribution < -0.4 is 15.1 Å². The smallest absolute Gasteiger partial charge is 0.333 e. The lowest BCUT2D eigenvalue weighted by molar-refractivity contribution is -0.113. The van der Waals surface area contributed by atoms with Crippen LogP contribution in [-0.2, 0) is 4.79 Å². The number of nitrogens with zero attached hydrogens (tertiary/aromatic N) is 2. The zero-order valence-electron chi connectivity index (χ0n) is 14.7. The average Bonchev–Trinajstić information content (AvgIpc) is 2.91. The molecule has 0 radical (unpaired) electrons. The molecule has 1 heterocycles. The fourth-order valence-electron chi connectivity index (χ4n) is 2.92. The molecule has 1 aliphatic heterocycles. The van der Waals surface area contributed by atoms with Crippen LogP contribution in [0.3, 0.4) is 0 Å². The van der Waals surface area contributed by atoms with Crippen LogP contribution in [0, 0.1) is 0 Å². The number of hydrogen-bond acceptors (Lipinski definition) is 3. The summed E-state index contributed by atoms with van der Waals surface area (Å²) in [6, 6.07) is 14.0. The Morgan fingerprint density at radius 3 is 2.38 bits per heavy atom. The molecule has 6 heteroatoms. The first kappa shape index (κ1) is 18.0. The normalized spacial score (nSPS) is 15.5. The van der Waals surface area contributed by atoms with Crippen molar-refractivity contribution in [2.45, 2.75) is 13.8 Å². The van der Waals surface area contributed by atoms with Crippen molar-refractivity contribution in [2.24, 2.45) is 0 Å². The Balaban J connectivity index is 1.84. The van der Waals surface area contributed by atoms with Gasteiger partial charge in [-0.3, -0.25) is 4.79 Å². The number of carbonyl (C=O) groups is 2. The second-order valence-corrected chi connectivity index (χ2v) is 6.31. The number of imide groups is 1. The minimum Gasteiger partial charge on any atom is -0.372 e. The summed E-state index contributed by atoms with van der Waals surface area (Å²) in [6.45, 7) is 6.08. The maximum Gasteiger partial charge on any atom is 0.333 e. The molecule has 0 aromatic heterocycles. The number of halogens is 1. The van der Waals surface area contributed by atoms with E-state index in [9.17, 15) is 9.59 Å². The molecular weight excluding hydrogens is 350 g/mol. The van der Waals surface area contributed by atoms with Crippen LogP contribution in [-0.4, -0.2) is 25.0 Å². The van der Waals surface area contributed by atoms with Crippen LogP contribution >= 0.6 is 11.6 Å². The lowest BCUT2D eigenvalue weighted by Crippen LogP contribution is -2.30. The van der Waals surface area contributed by atoms with Gasteiger partial charge in [-0.05, 0) is 55.8 Å². The first-order chi connectivity index (χ1) is 12.5. The molecule has 134 valence electrons. The van der Waals surface area contributed by atoms with E-state index in [1.54, 1.807) is 30.3 Å². The Morgan fingerprint density at radius 2 is 1.77 bits per heavy atom. The van der Waals surface area contributed by atoms with Crippen LogP contribution in [0.25, 0.3) is 6.08 Å². The Kier molecular flexibility index (Phi) is 5.28. The standard InChI is InChI=1S/C20H20ClN3O2/c1-3-23(4-2)16-10-8-14(9-11-16)12-18-19(25)24(20(26)22-18)17-7-5-6-15(21)13-17/h5-13H,3-4H2,1-2H3,(H,22,26)/b18-12+. The Morgan fingerprint density at radius 1 is 1.08 bits per heavy atom. The average molecular weight is 370 g/mol. The fraction of sp³-hybridized carbons (Fsp3) is 0.200. The van der Waals surface area contributed by atoms with E-state index in [-0.39, 0.29) is 5.70 Å². The van der Waals surface area contributed by atoms with Gasteiger partial charge < -0.3 is 10.2 Å². The zero-order valence-corrected chi connectivity index (χ0v) is 15.5. The van der Waals surface area contributed by atoms with Crippen molar-refractivity contribution in [1.82, 2.24) is 5.32 Å². The highest BCUT2D eigenvalue weighted by atomic mass is 35.5. The van der Waals surface area contributed by atoms with Gasteiger partial charge >= 0.3 is 6.03 Å². The lowest BCUT2D eigenvalue weighted by Gasteiger charge is -2.20. The van der Waals surface area contributed by atoms with Gasteiger partial charge in [0.25, 0.3) is 5.91 Å². The van der Waals surface area contributed by atoms with E-state index in [2.05, 4.69) is 24.1 Å². The molecule has 0 bridgehead atoms. The van der Waals surface area contributed by atoms with Gasteiger partial charge in [0, 0.05) is 23.8 Å². The minimum absolute atomic E-state index is 0.241. The van der Waals surface area contributed by atoms with Crippen molar-refractivity contribution in [3.8, 4) is 0 Å². The van der Waals surface area contributed by atoms with Crippen LogP contribution in [0.2, 0.25) is 5.02 Å². The zero-order chi connectivity index (χ0) is 18.7. The van der Waals surface area contributed by atoms with Gasteiger partial charge in [-0.1, -0.05) is 29.8 Å². The van der Waals surface area contributed by atoms with Crippen LogP contribution in [0.5, 0.6) is 0 Å². The number of hydrogen-bond donors (Lipinski definition) is 1. The molecule has 1 fully saturated rings. The molecule has 3 amide bonds. The fourth-order valence-corrected chi connectivity index (χ4v) is 3.11. The highest BCUT2D eigenvalue weighted by Crippen LogP contribution is 2.25. The molecule has 26 heavy (non-hydrogen) atoms. The van der Waals surface area contributed by atoms with Crippen molar-refractivity contribution < 1.29 is 9.59 Å². The van der Waals surface area contributed by atoms with Crippen LogP contribution in [0.15, 0.2) is 54.2 Å². The number of urea groups is 1. The molecule has 1 saturated heterocycles. The quantitative estimate of drug-likeness (QED) is 0.632. The third-order valence-corrected chi connectivity index (χ3v) is 4.51. The molecule has 5 nitrogen and oxygen atoms in total. The van der Waals surface area contributed by atoms with Crippen molar-refractivity contribution in [3.05, 3.63) is 64.8 Å². The van der Waals surface area contributed by atoms with E-state index in [4.69, 9.17) is 11.6 Å². The molecule has 1 N–H and O–H groups in total. The van der Waals surface area contributed by atoms with Crippen molar-refractivity contribution in [3.63, 3.8) is 0 Å². The maximum absolute atomic E-state index is 12.6. The van der Waals surface area contributed by atoms with Crippen molar-refractivity contribution in [1.29, 1.82) is 0 Å². The van der Waals surface area contributed by atoms with Gasteiger partial charge in [0.05, 0.1) is 5.69 Å². The summed E-state index contributed by atoms with van der Waals surface area (Å²) in [5.74, 6) is -0.398. The lowest BCUT2D eigenvalue weighted by atomic mass is 10.1. The second kappa shape index (κ2) is 7.62. The maximum atomic E-state index is 12.6. The molecule has 0 saturated carbocycles. The summed E-state index contributed by atoms with van der Waals surface area (Å²) in [4.78, 5) is 28.2. The molecule has 1 aliphatic rings. The summed E-state index contributed by atoms with van der Waals surface area (Å²) < 4.78 is 0. The molecule has 0 spiro atoms. The predicted octanol–water partition coefficient (Wildman–Crippen LogP) is 4.28. The predicted molar refractivity (Wildman–Crippen MR) is 105 cm³/mol. The third kappa shape index (κ3) is 3.58. The number of carbonyl (C=O) groups excluding carboxylic acids is 2. The van der Waals surface area contributed by atoms with Crippen LogP contribution in [0.1, 0.15) is 19.4 Å². The van der Waals surface area contributed by atoms with E-state index in [1.807, 2.05) is 24.3 Å². The highest BCUT2D eigenvalue weighted by Gasteiger charge is 2.34. The van der Waals surface area contributed by atoms with Crippen LogP contribution in [0.4, 0.5) is 16.2 Å². The molecule has 0 aliphatic carbocycles. The van der Waals surface area contributed by atoms with E-state index < -0.39 is 11.9 Å². The van der Waals surface area contributed by atoms with E-state index >= 15 is 0 Å². The molecule has 2 aromatic carbocycles. The SMILES string of the molecule is CCN(CC)c1ccc(/C=C2/NC(=O)N(c3cccc(Cl)c3)C2=O)cc1. The van der Waals surface area contributed by atoms with Crippen molar-refractivity contribution >= 4 is 41.0 Å². The van der Waals surface area contributed by atoms with Gasteiger partial charge in [-0.2, -0.15) is 0 Å².